The van der Waals surface area contributed by atoms with Gasteiger partial charge in [0.05, 0.1) is 17.8 Å². The van der Waals surface area contributed by atoms with Crippen LogP contribution in [-0.4, -0.2) is 14.8 Å². The van der Waals surface area contributed by atoms with Crippen LogP contribution in [0.25, 0.3) is 10.9 Å². The van der Waals surface area contributed by atoms with Gasteiger partial charge in [0, 0.05) is 18.0 Å². The molecule has 0 bridgehead atoms. The van der Waals surface area contributed by atoms with E-state index in [0.29, 0.717) is 17.8 Å². The molecule has 1 aromatic carbocycles. The van der Waals surface area contributed by atoms with Crippen LogP contribution in [0, 0.1) is 11.8 Å². The maximum absolute atomic E-state index is 12.5. The summed E-state index contributed by atoms with van der Waals surface area (Å²) in [6.07, 6.45) is 2.69. The molecule has 0 unspecified atom stereocenters. The third-order valence-corrected chi connectivity index (χ3v) is 3.09. The van der Waals surface area contributed by atoms with E-state index in [9.17, 15) is 4.39 Å². The van der Waals surface area contributed by atoms with E-state index in [1.54, 1.807) is 18.2 Å². The molecule has 0 spiro atoms. The third kappa shape index (κ3) is 3.26. The van der Waals surface area contributed by atoms with E-state index in [-0.39, 0.29) is 0 Å². The summed E-state index contributed by atoms with van der Waals surface area (Å²) >= 11 is 0. The molecule has 0 atom stereocenters. The Morgan fingerprint density at radius 1 is 1.10 bits per heavy atom. The fourth-order valence-corrected chi connectivity index (χ4v) is 2.08. The van der Waals surface area contributed by atoms with E-state index in [1.165, 1.54) is 0 Å². The molecule has 4 heteroatoms. The standard InChI is InChI=1S/C17H14FN3/c18-12-16-9-5-8-15(19-16)7-3-4-11-21-13-14-6-1-2-10-17(14)20-21/h1-2,5-6,8-10,13H,4,11-12H2. The topological polar surface area (TPSA) is 30.7 Å². The van der Waals surface area contributed by atoms with Crippen LogP contribution in [0.1, 0.15) is 17.8 Å². The van der Waals surface area contributed by atoms with Crippen LogP contribution in [-0.2, 0) is 13.2 Å². The quantitative estimate of drug-likeness (QED) is 0.688. The highest BCUT2D eigenvalue weighted by Crippen LogP contribution is 2.10. The molecule has 0 aliphatic rings. The number of nitrogens with zero attached hydrogens (tertiary/aromatic N) is 3. The van der Waals surface area contributed by atoms with E-state index < -0.39 is 6.67 Å². The largest absolute Gasteiger partial charge is 0.271 e. The van der Waals surface area contributed by atoms with E-state index >= 15 is 0 Å². The van der Waals surface area contributed by atoms with Crippen molar-refractivity contribution in [3.05, 3.63) is 60.0 Å². The van der Waals surface area contributed by atoms with Gasteiger partial charge in [0.15, 0.2) is 0 Å². The van der Waals surface area contributed by atoms with Gasteiger partial charge in [-0.25, -0.2) is 9.37 Å². The zero-order valence-electron chi connectivity index (χ0n) is 11.5. The van der Waals surface area contributed by atoms with Crippen molar-refractivity contribution < 1.29 is 4.39 Å². The number of hydrogen-bond donors (Lipinski definition) is 0. The lowest BCUT2D eigenvalue weighted by Crippen LogP contribution is -1.96. The number of aryl methyl sites for hydroxylation is 1. The molecule has 0 fully saturated rings. The molecule has 0 N–H and O–H groups in total. The van der Waals surface area contributed by atoms with Gasteiger partial charge in [0.25, 0.3) is 0 Å². The fraction of sp³-hybridized carbons (Fsp3) is 0.176. The van der Waals surface area contributed by atoms with Crippen molar-refractivity contribution in [3.63, 3.8) is 0 Å². The molecule has 0 amide bonds. The van der Waals surface area contributed by atoms with Gasteiger partial charge in [0.1, 0.15) is 12.4 Å². The summed E-state index contributed by atoms with van der Waals surface area (Å²) in [7, 11) is 0. The van der Waals surface area contributed by atoms with E-state index in [2.05, 4.69) is 21.9 Å². The maximum Gasteiger partial charge on any atom is 0.131 e. The van der Waals surface area contributed by atoms with Crippen molar-refractivity contribution in [3.8, 4) is 11.8 Å². The molecular weight excluding hydrogens is 265 g/mol. The highest BCUT2D eigenvalue weighted by atomic mass is 19.1. The molecule has 0 aliphatic carbocycles. The zero-order chi connectivity index (χ0) is 14.5. The molecule has 3 nitrogen and oxygen atoms in total. The predicted octanol–water partition coefficient (Wildman–Crippen LogP) is 3.34. The Kier molecular flexibility index (Phi) is 3.92. The van der Waals surface area contributed by atoms with Crippen LogP contribution in [0.2, 0.25) is 0 Å². The SMILES string of the molecule is FCc1cccc(C#CCCn2cc3ccccc3n2)n1. The molecular formula is C17H14FN3. The van der Waals surface area contributed by atoms with E-state index in [4.69, 9.17) is 0 Å². The van der Waals surface area contributed by atoms with Crippen molar-refractivity contribution in [2.24, 2.45) is 0 Å². The van der Waals surface area contributed by atoms with E-state index in [1.807, 2.05) is 35.1 Å². The van der Waals surface area contributed by atoms with Gasteiger partial charge in [-0.2, -0.15) is 5.10 Å². The second-order valence-corrected chi connectivity index (χ2v) is 4.65. The number of hydrogen-bond acceptors (Lipinski definition) is 2. The first kappa shape index (κ1) is 13.3. The first-order chi connectivity index (χ1) is 10.3. The lowest BCUT2D eigenvalue weighted by atomic mass is 10.3. The van der Waals surface area contributed by atoms with Crippen molar-refractivity contribution >= 4 is 10.9 Å². The molecule has 3 rings (SSSR count). The molecule has 21 heavy (non-hydrogen) atoms. The number of alkyl halides is 1. The van der Waals surface area contributed by atoms with Gasteiger partial charge in [-0.3, -0.25) is 4.68 Å². The molecule has 3 aromatic rings. The molecule has 2 aromatic heterocycles. The molecule has 0 saturated carbocycles. The Morgan fingerprint density at radius 3 is 2.86 bits per heavy atom. The predicted molar refractivity (Wildman–Crippen MR) is 80.3 cm³/mol. The number of aromatic nitrogens is 3. The van der Waals surface area contributed by atoms with Crippen molar-refractivity contribution in [2.45, 2.75) is 19.6 Å². The van der Waals surface area contributed by atoms with Gasteiger partial charge in [-0.15, -0.1) is 0 Å². The smallest absolute Gasteiger partial charge is 0.131 e. The van der Waals surface area contributed by atoms with Crippen LogP contribution in [0.4, 0.5) is 4.39 Å². The Hall–Kier alpha value is -2.67. The number of fused-ring (bicyclic) bond motifs is 1. The lowest BCUT2D eigenvalue weighted by Gasteiger charge is -1.95. The monoisotopic (exact) mass is 279 g/mol. The highest BCUT2D eigenvalue weighted by Gasteiger charge is 1.98. The van der Waals surface area contributed by atoms with Crippen LogP contribution >= 0.6 is 0 Å². The summed E-state index contributed by atoms with van der Waals surface area (Å²) < 4.78 is 14.4. The van der Waals surface area contributed by atoms with Crippen molar-refractivity contribution in [1.82, 2.24) is 14.8 Å². The maximum atomic E-state index is 12.5. The van der Waals surface area contributed by atoms with Gasteiger partial charge in [0.2, 0.25) is 0 Å². The first-order valence-electron chi connectivity index (χ1n) is 6.78. The summed E-state index contributed by atoms with van der Waals surface area (Å²) in [5, 5.41) is 5.60. The van der Waals surface area contributed by atoms with Gasteiger partial charge in [-0.1, -0.05) is 30.2 Å². The second-order valence-electron chi connectivity index (χ2n) is 4.65. The van der Waals surface area contributed by atoms with Crippen LogP contribution in [0.3, 0.4) is 0 Å². The fourth-order valence-electron chi connectivity index (χ4n) is 2.08. The zero-order valence-corrected chi connectivity index (χ0v) is 11.5. The van der Waals surface area contributed by atoms with Gasteiger partial charge >= 0.3 is 0 Å². The van der Waals surface area contributed by atoms with Crippen LogP contribution < -0.4 is 0 Å². The van der Waals surface area contributed by atoms with E-state index in [0.717, 1.165) is 17.4 Å². The van der Waals surface area contributed by atoms with Gasteiger partial charge in [-0.05, 0) is 24.1 Å². The Bertz CT molecular complexity index is 778. The average Bonchev–Trinajstić information content (AvgIpc) is 2.94. The third-order valence-electron chi connectivity index (χ3n) is 3.09. The normalized spacial score (nSPS) is 10.3. The summed E-state index contributed by atoms with van der Waals surface area (Å²) in [6, 6.07) is 13.2. The summed E-state index contributed by atoms with van der Waals surface area (Å²) in [5.41, 5.74) is 2.01. The molecule has 0 radical (unpaired) electrons. The minimum atomic E-state index is -0.560. The summed E-state index contributed by atoms with van der Waals surface area (Å²) in [5.74, 6) is 6.00. The average molecular weight is 279 g/mol. The lowest BCUT2D eigenvalue weighted by molar-refractivity contribution is 0.476. The van der Waals surface area contributed by atoms with Crippen LogP contribution in [0.5, 0.6) is 0 Å². The molecule has 2 heterocycles. The number of halogens is 1. The minimum absolute atomic E-state index is 0.417. The number of pyridine rings is 1. The minimum Gasteiger partial charge on any atom is -0.271 e. The summed E-state index contributed by atoms with van der Waals surface area (Å²) in [6.45, 7) is 0.167. The molecule has 104 valence electrons. The van der Waals surface area contributed by atoms with Crippen molar-refractivity contribution in [1.29, 1.82) is 0 Å². The Balaban J connectivity index is 1.64. The highest BCUT2D eigenvalue weighted by molar-refractivity contribution is 5.77. The first-order valence-corrected chi connectivity index (χ1v) is 6.78. The van der Waals surface area contributed by atoms with Gasteiger partial charge < -0.3 is 0 Å². The summed E-state index contributed by atoms with van der Waals surface area (Å²) in [4.78, 5) is 4.10. The Labute approximate surface area is 122 Å². The number of rotatable bonds is 3. The molecule has 0 saturated heterocycles. The van der Waals surface area contributed by atoms with Crippen LogP contribution in [0.15, 0.2) is 48.7 Å². The second kappa shape index (κ2) is 6.19. The van der Waals surface area contributed by atoms with Crippen molar-refractivity contribution in [2.75, 3.05) is 0 Å². The Morgan fingerprint density at radius 2 is 2.00 bits per heavy atom. The molecule has 0 aliphatic heterocycles. The number of benzene rings is 1.